The van der Waals surface area contributed by atoms with Gasteiger partial charge in [-0.3, -0.25) is 4.79 Å². The Balaban J connectivity index is 1.37. The van der Waals surface area contributed by atoms with Crippen LogP contribution in [0.1, 0.15) is 76.4 Å². The highest BCUT2D eigenvalue weighted by atomic mass is 16.5. The molecule has 2 aliphatic heterocycles. The van der Waals surface area contributed by atoms with Gasteiger partial charge >= 0.3 is 0 Å². The van der Waals surface area contributed by atoms with Crippen LogP contribution in [0.25, 0.3) is 0 Å². The van der Waals surface area contributed by atoms with Crippen molar-refractivity contribution in [2.45, 2.75) is 56.3 Å². The van der Waals surface area contributed by atoms with E-state index in [1.165, 1.54) is 13.2 Å². The highest BCUT2D eigenvalue weighted by molar-refractivity contribution is 6.03. The molecule has 6 rings (SSSR count). The summed E-state index contributed by atoms with van der Waals surface area (Å²) in [7, 11) is 1.46. The fraction of sp³-hybridized carbons (Fsp3) is 0.286. The highest BCUT2D eigenvalue weighted by Crippen LogP contribution is 2.53. The molecule has 0 saturated carbocycles. The van der Waals surface area contributed by atoms with Crippen molar-refractivity contribution in [3.8, 4) is 34.5 Å². The van der Waals surface area contributed by atoms with E-state index in [2.05, 4.69) is 0 Å². The van der Waals surface area contributed by atoms with Gasteiger partial charge in [0.25, 0.3) is 0 Å². The van der Waals surface area contributed by atoms with Crippen molar-refractivity contribution in [3.63, 3.8) is 0 Å². The average Bonchev–Trinajstić information content (AvgIpc) is 3.00. The molecular formula is C35H34O8. The van der Waals surface area contributed by atoms with E-state index in [0.29, 0.717) is 36.1 Å². The molecule has 0 amide bonds. The molecule has 4 aromatic carbocycles. The number of methoxy groups -OCH3 is 1. The number of rotatable bonds is 7. The van der Waals surface area contributed by atoms with Crippen LogP contribution in [0, 0.1) is 0 Å². The average molecular weight is 583 g/mol. The van der Waals surface area contributed by atoms with Gasteiger partial charge in [-0.15, -0.1) is 0 Å². The third kappa shape index (κ3) is 5.96. The number of phenols is 4. The summed E-state index contributed by atoms with van der Waals surface area (Å²) in [5, 5.41) is 40.8. The van der Waals surface area contributed by atoms with Gasteiger partial charge in [0.05, 0.1) is 25.7 Å². The number of hydrogen-bond acceptors (Lipinski definition) is 8. The van der Waals surface area contributed by atoms with E-state index in [1.807, 2.05) is 24.3 Å². The van der Waals surface area contributed by atoms with Crippen LogP contribution in [0.4, 0.5) is 0 Å². The zero-order valence-electron chi connectivity index (χ0n) is 23.8. The maximum absolute atomic E-state index is 13.6. The Hall–Kier alpha value is -4.69. The monoisotopic (exact) mass is 582 g/mol. The van der Waals surface area contributed by atoms with Gasteiger partial charge in [0.2, 0.25) is 0 Å². The predicted molar refractivity (Wildman–Crippen MR) is 159 cm³/mol. The van der Waals surface area contributed by atoms with Crippen LogP contribution in [0.15, 0.2) is 78.9 Å². The normalized spacial score (nSPS) is 21.6. The standard InChI is InChI=1S/C35H34O8/c1-41-32-19-28(39)33(35-34(32)29(40)18-31(43-35)22-7-13-26(38)14-8-22)23-16-27(15-4-20-2-9-24(36)10-3-20)42-30(17-23)21-5-11-25(37)12-6-21/h2-3,5-14,19,23,27,30-31,36-39H,4,15-18H2,1H3/t23?,27-,30+,31?/m0/s1. The van der Waals surface area contributed by atoms with E-state index in [-0.39, 0.29) is 59.1 Å². The summed E-state index contributed by atoms with van der Waals surface area (Å²) in [5.74, 6) is 0.692. The molecule has 222 valence electrons. The van der Waals surface area contributed by atoms with E-state index >= 15 is 0 Å². The largest absolute Gasteiger partial charge is 0.508 e. The van der Waals surface area contributed by atoms with Gasteiger partial charge < -0.3 is 34.6 Å². The first-order valence-corrected chi connectivity index (χ1v) is 14.4. The van der Waals surface area contributed by atoms with Crippen LogP contribution in [0.3, 0.4) is 0 Å². The van der Waals surface area contributed by atoms with Crippen LogP contribution >= 0.6 is 0 Å². The second-order valence-corrected chi connectivity index (χ2v) is 11.3. The SMILES string of the molecule is COc1cc(O)c(C2C[C@H](CCc3ccc(O)cc3)O[C@@H](c3ccc(O)cc3)C2)c2c1C(=O)CC(c1ccc(O)cc1)O2. The minimum Gasteiger partial charge on any atom is -0.508 e. The first kappa shape index (κ1) is 28.4. The van der Waals surface area contributed by atoms with E-state index in [1.54, 1.807) is 48.5 Å². The smallest absolute Gasteiger partial charge is 0.174 e. The van der Waals surface area contributed by atoms with Gasteiger partial charge in [-0.1, -0.05) is 36.4 Å². The third-order valence-corrected chi connectivity index (χ3v) is 8.42. The van der Waals surface area contributed by atoms with Crippen molar-refractivity contribution in [1.82, 2.24) is 0 Å². The number of ether oxygens (including phenoxy) is 3. The van der Waals surface area contributed by atoms with Crippen LogP contribution in [-0.4, -0.2) is 39.4 Å². The summed E-state index contributed by atoms with van der Waals surface area (Å²) in [6.45, 7) is 0. The van der Waals surface area contributed by atoms with Gasteiger partial charge in [-0.25, -0.2) is 0 Å². The maximum Gasteiger partial charge on any atom is 0.174 e. The molecule has 4 N–H and O–H groups in total. The molecule has 1 fully saturated rings. The van der Waals surface area contributed by atoms with Gasteiger partial charge in [-0.05, 0) is 84.7 Å². The first-order chi connectivity index (χ1) is 20.8. The molecule has 43 heavy (non-hydrogen) atoms. The fourth-order valence-corrected chi connectivity index (χ4v) is 6.24. The minimum atomic E-state index is -0.594. The number of hydrogen-bond donors (Lipinski definition) is 4. The second kappa shape index (κ2) is 11.9. The van der Waals surface area contributed by atoms with Crippen LogP contribution < -0.4 is 9.47 Å². The van der Waals surface area contributed by atoms with Crippen molar-refractivity contribution < 1.29 is 39.4 Å². The molecule has 0 bridgehead atoms. The Kier molecular flexibility index (Phi) is 7.86. The molecule has 4 atom stereocenters. The van der Waals surface area contributed by atoms with Gasteiger partial charge in [0, 0.05) is 11.6 Å². The summed E-state index contributed by atoms with van der Waals surface area (Å²) in [4.78, 5) is 13.6. The lowest BCUT2D eigenvalue weighted by atomic mass is 9.80. The zero-order chi connectivity index (χ0) is 30.1. The van der Waals surface area contributed by atoms with Crippen LogP contribution in [0.5, 0.6) is 34.5 Å². The quantitative estimate of drug-likeness (QED) is 0.186. The number of carbonyl (C=O) groups is 1. The van der Waals surface area contributed by atoms with E-state index in [9.17, 15) is 25.2 Å². The van der Waals surface area contributed by atoms with Crippen LogP contribution in [0.2, 0.25) is 0 Å². The summed E-state index contributed by atoms with van der Waals surface area (Å²) in [6, 6.07) is 22.1. The molecule has 8 heteroatoms. The Morgan fingerprint density at radius 3 is 1.98 bits per heavy atom. The highest BCUT2D eigenvalue weighted by Gasteiger charge is 2.40. The van der Waals surface area contributed by atoms with Crippen molar-refractivity contribution >= 4 is 5.78 Å². The van der Waals surface area contributed by atoms with Crippen LogP contribution in [-0.2, 0) is 11.2 Å². The topological polar surface area (TPSA) is 126 Å². The van der Waals surface area contributed by atoms with Crippen molar-refractivity contribution in [2.24, 2.45) is 0 Å². The Bertz CT molecular complexity index is 1600. The lowest BCUT2D eigenvalue weighted by Crippen LogP contribution is -2.29. The number of aromatic hydroxyl groups is 4. The molecule has 2 unspecified atom stereocenters. The molecule has 2 aliphatic rings. The summed E-state index contributed by atoms with van der Waals surface area (Å²) in [6.07, 6.45) is 1.52. The number of carbonyl (C=O) groups excluding carboxylic acids is 1. The lowest BCUT2D eigenvalue weighted by molar-refractivity contribution is -0.0634. The number of benzene rings is 4. The molecule has 4 aromatic rings. The molecule has 2 heterocycles. The molecular weight excluding hydrogens is 548 g/mol. The molecule has 8 nitrogen and oxygen atoms in total. The second-order valence-electron chi connectivity index (χ2n) is 11.3. The Morgan fingerprint density at radius 1 is 0.791 bits per heavy atom. The van der Waals surface area contributed by atoms with Crippen molar-refractivity contribution in [3.05, 3.63) is 107 Å². The summed E-state index contributed by atoms with van der Waals surface area (Å²) < 4.78 is 18.6. The van der Waals surface area contributed by atoms with Gasteiger partial charge in [0.15, 0.2) is 5.78 Å². The lowest BCUT2D eigenvalue weighted by Gasteiger charge is -2.38. The van der Waals surface area contributed by atoms with E-state index in [4.69, 9.17) is 14.2 Å². The maximum atomic E-state index is 13.6. The minimum absolute atomic E-state index is 0.0107. The number of Topliss-reactive ketones (excluding diaryl/α,β-unsaturated/α-hetero) is 1. The number of aryl methyl sites for hydroxylation is 1. The third-order valence-electron chi connectivity index (χ3n) is 8.42. The number of fused-ring (bicyclic) bond motifs is 1. The first-order valence-electron chi connectivity index (χ1n) is 14.4. The molecule has 0 aliphatic carbocycles. The number of phenolic OH excluding ortho intramolecular Hbond substituents is 4. The zero-order valence-corrected chi connectivity index (χ0v) is 23.8. The fourth-order valence-electron chi connectivity index (χ4n) is 6.24. The molecule has 0 spiro atoms. The van der Waals surface area contributed by atoms with E-state index < -0.39 is 6.10 Å². The summed E-state index contributed by atoms with van der Waals surface area (Å²) >= 11 is 0. The van der Waals surface area contributed by atoms with Crippen molar-refractivity contribution in [2.75, 3.05) is 7.11 Å². The van der Waals surface area contributed by atoms with E-state index in [0.717, 1.165) is 23.1 Å². The molecule has 0 radical (unpaired) electrons. The molecule has 0 aromatic heterocycles. The van der Waals surface area contributed by atoms with Gasteiger partial charge in [0.1, 0.15) is 46.2 Å². The van der Waals surface area contributed by atoms with Gasteiger partial charge in [-0.2, -0.15) is 0 Å². The predicted octanol–water partition coefficient (Wildman–Crippen LogP) is 6.86. The Morgan fingerprint density at radius 2 is 1.37 bits per heavy atom. The van der Waals surface area contributed by atoms with Crippen molar-refractivity contribution in [1.29, 1.82) is 0 Å². The molecule has 1 saturated heterocycles. The number of ketones is 1. The Labute approximate surface area is 249 Å². The summed E-state index contributed by atoms with van der Waals surface area (Å²) in [5.41, 5.74) is 3.58.